The summed E-state index contributed by atoms with van der Waals surface area (Å²) in [5, 5.41) is 3.90. The maximum absolute atomic E-state index is 13.1. The van der Waals surface area contributed by atoms with Crippen molar-refractivity contribution in [2.75, 3.05) is 7.11 Å². The number of urea groups is 1. The van der Waals surface area contributed by atoms with Gasteiger partial charge in [-0.1, -0.05) is 42.5 Å². The van der Waals surface area contributed by atoms with E-state index in [4.69, 9.17) is 4.74 Å². The number of imide groups is 2. The second kappa shape index (κ2) is 7.79. The zero-order valence-electron chi connectivity index (χ0n) is 16.0. The third-order valence-electron chi connectivity index (χ3n) is 4.88. The lowest BCUT2D eigenvalue weighted by molar-refractivity contribution is -0.130. The molecule has 0 unspecified atom stereocenters. The highest BCUT2D eigenvalue weighted by atomic mass is 19.1. The Morgan fingerprint density at radius 2 is 1.73 bits per heavy atom. The summed E-state index contributed by atoms with van der Waals surface area (Å²) in [6, 6.07) is 15.7. The van der Waals surface area contributed by atoms with Gasteiger partial charge in [0.1, 0.15) is 17.1 Å². The standard InChI is InChI=1S/C23H17FN2O4/c1-30-20-11-8-15-4-2-3-5-17(15)18(20)12-19-21(27)25-23(29)26(22(19)28)13-14-6-9-16(24)10-7-14/h2-12H,13H2,1H3,(H,25,27,29)/b19-12-. The first-order valence-electron chi connectivity index (χ1n) is 9.17. The van der Waals surface area contributed by atoms with Crippen LogP contribution in [0.15, 0.2) is 66.2 Å². The van der Waals surface area contributed by atoms with Crippen LogP contribution in [-0.2, 0) is 16.1 Å². The van der Waals surface area contributed by atoms with Crippen molar-refractivity contribution >= 4 is 34.7 Å². The number of methoxy groups -OCH3 is 1. The largest absolute Gasteiger partial charge is 0.496 e. The van der Waals surface area contributed by atoms with Crippen LogP contribution in [0.4, 0.5) is 9.18 Å². The number of hydrogen-bond donors (Lipinski definition) is 1. The lowest BCUT2D eigenvalue weighted by Crippen LogP contribution is -2.53. The van der Waals surface area contributed by atoms with Gasteiger partial charge >= 0.3 is 6.03 Å². The van der Waals surface area contributed by atoms with Crippen LogP contribution in [0.2, 0.25) is 0 Å². The maximum atomic E-state index is 13.1. The molecule has 0 aliphatic carbocycles. The number of rotatable bonds is 4. The van der Waals surface area contributed by atoms with Gasteiger partial charge in [0.05, 0.1) is 13.7 Å². The SMILES string of the molecule is COc1ccc2ccccc2c1/C=C1/C(=O)NC(=O)N(Cc2ccc(F)cc2)C1=O. The number of carbonyl (C=O) groups is 3. The summed E-state index contributed by atoms with van der Waals surface area (Å²) in [4.78, 5) is 38.7. The third kappa shape index (κ3) is 3.53. The number of nitrogens with zero attached hydrogens (tertiary/aromatic N) is 1. The summed E-state index contributed by atoms with van der Waals surface area (Å²) in [7, 11) is 1.50. The first kappa shape index (κ1) is 19.3. The molecule has 0 aromatic heterocycles. The van der Waals surface area contributed by atoms with E-state index in [9.17, 15) is 18.8 Å². The molecule has 30 heavy (non-hydrogen) atoms. The Morgan fingerprint density at radius 3 is 2.47 bits per heavy atom. The molecular formula is C23H17FN2O4. The molecule has 0 radical (unpaired) electrons. The van der Waals surface area contributed by atoms with E-state index in [-0.39, 0.29) is 12.1 Å². The summed E-state index contributed by atoms with van der Waals surface area (Å²) in [6.07, 6.45) is 1.43. The van der Waals surface area contributed by atoms with Crippen LogP contribution in [0.5, 0.6) is 5.75 Å². The van der Waals surface area contributed by atoms with Gasteiger partial charge in [0, 0.05) is 5.56 Å². The van der Waals surface area contributed by atoms with E-state index in [0.29, 0.717) is 16.9 Å². The van der Waals surface area contributed by atoms with Gasteiger partial charge in [-0.3, -0.25) is 19.8 Å². The molecule has 6 nitrogen and oxygen atoms in total. The molecule has 1 N–H and O–H groups in total. The number of carbonyl (C=O) groups excluding carboxylic acids is 3. The van der Waals surface area contributed by atoms with Gasteiger partial charge in [-0.05, 0) is 40.6 Å². The minimum atomic E-state index is -0.823. The van der Waals surface area contributed by atoms with E-state index in [2.05, 4.69) is 5.32 Å². The Hall–Kier alpha value is -4.00. The van der Waals surface area contributed by atoms with Crippen LogP contribution < -0.4 is 10.1 Å². The molecule has 3 aromatic carbocycles. The average Bonchev–Trinajstić information content (AvgIpc) is 2.75. The average molecular weight is 404 g/mol. The fraction of sp³-hybridized carbons (Fsp3) is 0.0870. The molecule has 0 atom stereocenters. The van der Waals surface area contributed by atoms with E-state index in [0.717, 1.165) is 15.7 Å². The molecule has 3 aromatic rings. The summed E-state index contributed by atoms with van der Waals surface area (Å²) < 4.78 is 18.6. The first-order valence-corrected chi connectivity index (χ1v) is 9.17. The van der Waals surface area contributed by atoms with Crippen molar-refractivity contribution in [2.24, 2.45) is 0 Å². The van der Waals surface area contributed by atoms with Crippen molar-refractivity contribution < 1.29 is 23.5 Å². The zero-order valence-corrected chi connectivity index (χ0v) is 16.0. The summed E-state index contributed by atoms with van der Waals surface area (Å²) in [5.74, 6) is -1.45. The summed E-state index contributed by atoms with van der Waals surface area (Å²) in [6.45, 7) is -0.0950. The Morgan fingerprint density at radius 1 is 1.00 bits per heavy atom. The van der Waals surface area contributed by atoms with Crippen LogP contribution in [0.25, 0.3) is 16.8 Å². The van der Waals surface area contributed by atoms with Gasteiger partial charge in [0.2, 0.25) is 0 Å². The van der Waals surface area contributed by atoms with Gasteiger partial charge in [0.15, 0.2) is 0 Å². The van der Waals surface area contributed by atoms with Crippen molar-refractivity contribution in [1.82, 2.24) is 10.2 Å². The van der Waals surface area contributed by atoms with E-state index in [1.54, 1.807) is 6.07 Å². The van der Waals surface area contributed by atoms with E-state index >= 15 is 0 Å². The Kier molecular flexibility index (Phi) is 5.02. The van der Waals surface area contributed by atoms with E-state index < -0.39 is 23.7 Å². The monoisotopic (exact) mass is 404 g/mol. The zero-order chi connectivity index (χ0) is 21.3. The maximum Gasteiger partial charge on any atom is 0.331 e. The van der Waals surface area contributed by atoms with Gasteiger partial charge in [-0.2, -0.15) is 0 Å². The predicted molar refractivity (Wildman–Crippen MR) is 109 cm³/mol. The van der Waals surface area contributed by atoms with Gasteiger partial charge in [-0.25, -0.2) is 9.18 Å². The minimum absolute atomic E-state index is 0.0950. The van der Waals surface area contributed by atoms with Crippen LogP contribution in [0.3, 0.4) is 0 Å². The topological polar surface area (TPSA) is 75.7 Å². The molecule has 0 bridgehead atoms. The fourth-order valence-corrected chi connectivity index (χ4v) is 3.36. The molecule has 1 saturated heterocycles. The molecule has 150 valence electrons. The molecule has 0 saturated carbocycles. The third-order valence-corrected chi connectivity index (χ3v) is 4.88. The predicted octanol–water partition coefficient (Wildman–Crippen LogP) is 3.65. The normalized spacial score (nSPS) is 15.6. The smallest absolute Gasteiger partial charge is 0.331 e. The minimum Gasteiger partial charge on any atom is -0.496 e. The van der Waals surface area contributed by atoms with Crippen LogP contribution >= 0.6 is 0 Å². The highest BCUT2D eigenvalue weighted by Crippen LogP contribution is 2.31. The molecular weight excluding hydrogens is 387 g/mol. The molecule has 1 heterocycles. The van der Waals surface area contributed by atoms with Crippen LogP contribution in [-0.4, -0.2) is 29.9 Å². The number of ether oxygens (including phenoxy) is 1. The number of fused-ring (bicyclic) bond motifs is 1. The number of amides is 4. The van der Waals surface area contributed by atoms with Crippen molar-refractivity contribution in [1.29, 1.82) is 0 Å². The van der Waals surface area contributed by atoms with E-state index in [1.807, 2.05) is 30.3 Å². The molecule has 1 aliphatic heterocycles. The van der Waals surface area contributed by atoms with Crippen molar-refractivity contribution in [2.45, 2.75) is 6.54 Å². The molecule has 0 spiro atoms. The van der Waals surface area contributed by atoms with Gasteiger partial charge in [-0.15, -0.1) is 0 Å². The molecule has 4 amide bonds. The van der Waals surface area contributed by atoms with Crippen molar-refractivity contribution in [3.8, 4) is 5.75 Å². The number of hydrogen-bond acceptors (Lipinski definition) is 4. The number of benzene rings is 3. The Bertz CT molecular complexity index is 1200. The highest BCUT2D eigenvalue weighted by Gasteiger charge is 2.36. The van der Waals surface area contributed by atoms with Crippen molar-refractivity contribution in [3.63, 3.8) is 0 Å². The molecule has 1 fully saturated rings. The quantitative estimate of drug-likeness (QED) is 0.532. The molecule has 7 heteroatoms. The van der Waals surface area contributed by atoms with Crippen molar-refractivity contribution in [3.05, 3.63) is 83.2 Å². The summed E-state index contributed by atoms with van der Waals surface area (Å²) >= 11 is 0. The Labute approximate surface area is 171 Å². The lowest BCUT2D eigenvalue weighted by Gasteiger charge is -2.26. The second-order valence-corrected chi connectivity index (χ2v) is 6.74. The van der Waals surface area contributed by atoms with E-state index in [1.165, 1.54) is 37.5 Å². The highest BCUT2D eigenvalue weighted by molar-refractivity contribution is 6.31. The Balaban J connectivity index is 1.76. The lowest BCUT2D eigenvalue weighted by atomic mass is 9.99. The molecule has 4 rings (SSSR count). The van der Waals surface area contributed by atoms with Gasteiger partial charge < -0.3 is 4.74 Å². The summed E-state index contributed by atoms with van der Waals surface area (Å²) in [5.41, 5.74) is 0.924. The van der Waals surface area contributed by atoms with Crippen LogP contribution in [0, 0.1) is 5.82 Å². The number of halogens is 1. The first-order chi connectivity index (χ1) is 14.5. The fourth-order valence-electron chi connectivity index (χ4n) is 3.36. The number of nitrogens with one attached hydrogen (secondary N) is 1. The molecule has 1 aliphatic rings. The number of barbiturate groups is 1. The van der Waals surface area contributed by atoms with Gasteiger partial charge in [0.25, 0.3) is 11.8 Å². The second-order valence-electron chi connectivity index (χ2n) is 6.74. The van der Waals surface area contributed by atoms with Crippen LogP contribution in [0.1, 0.15) is 11.1 Å².